The fourth-order valence-electron chi connectivity index (χ4n) is 3.57. The Balaban J connectivity index is 0.00000225. The van der Waals surface area contributed by atoms with E-state index < -0.39 is 0 Å². The molecule has 148 valence electrons. The molecule has 0 unspecified atom stereocenters. The lowest BCUT2D eigenvalue weighted by Crippen LogP contribution is -2.48. The van der Waals surface area contributed by atoms with Crippen molar-refractivity contribution in [2.24, 2.45) is 4.99 Å². The molecule has 3 aromatic rings. The molecule has 2 N–H and O–H groups in total. The van der Waals surface area contributed by atoms with Gasteiger partial charge in [0.25, 0.3) is 0 Å². The van der Waals surface area contributed by atoms with Crippen LogP contribution in [0.1, 0.15) is 18.4 Å². The summed E-state index contributed by atoms with van der Waals surface area (Å²) in [5, 5.41) is 11.8. The number of piperidine rings is 1. The lowest BCUT2D eigenvalue weighted by Gasteiger charge is -2.33. The fourth-order valence-corrected chi connectivity index (χ4v) is 4.36. The van der Waals surface area contributed by atoms with Gasteiger partial charge in [-0.15, -0.1) is 35.3 Å². The van der Waals surface area contributed by atoms with E-state index in [-0.39, 0.29) is 24.0 Å². The molecule has 1 saturated heterocycles. The van der Waals surface area contributed by atoms with Crippen LogP contribution in [0.15, 0.2) is 59.0 Å². The van der Waals surface area contributed by atoms with Gasteiger partial charge in [-0.3, -0.25) is 9.98 Å². The highest BCUT2D eigenvalue weighted by Crippen LogP contribution is 2.24. The number of aromatic nitrogens is 1. The number of fused-ring (bicyclic) bond motifs is 1. The zero-order valence-corrected chi connectivity index (χ0v) is 19.1. The number of aliphatic imine (C=N–C) groups is 1. The van der Waals surface area contributed by atoms with E-state index in [9.17, 15) is 0 Å². The summed E-state index contributed by atoms with van der Waals surface area (Å²) in [6.07, 6.45) is 4.11. The number of nitrogens with zero attached hydrogens (tertiary/aromatic N) is 3. The molecule has 5 nitrogen and oxygen atoms in total. The Kier molecular flexibility index (Phi) is 7.50. The molecule has 0 aliphatic carbocycles. The van der Waals surface area contributed by atoms with Crippen LogP contribution >= 0.6 is 35.3 Å². The number of nitrogens with one attached hydrogen (secondary N) is 2. The summed E-state index contributed by atoms with van der Waals surface area (Å²) in [6.45, 7) is 2.91. The molecule has 0 amide bonds. The van der Waals surface area contributed by atoms with Crippen LogP contribution in [0, 0.1) is 0 Å². The van der Waals surface area contributed by atoms with Gasteiger partial charge in [-0.25, -0.2) is 0 Å². The Labute approximate surface area is 187 Å². The molecule has 4 rings (SSSR count). The van der Waals surface area contributed by atoms with Crippen LogP contribution in [-0.4, -0.2) is 37.1 Å². The quantitative estimate of drug-likeness (QED) is 0.315. The molecule has 2 aromatic heterocycles. The van der Waals surface area contributed by atoms with Gasteiger partial charge in [-0.05, 0) is 48.1 Å². The number of guanidine groups is 1. The molecular formula is C21H26IN5S. The third-order valence-electron chi connectivity index (χ3n) is 5.06. The summed E-state index contributed by atoms with van der Waals surface area (Å²) in [5.41, 5.74) is 2.26. The summed E-state index contributed by atoms with van der Waals surface area (Å²) in [4.78, 5) is 11.3. The number of thiophene rings is 1. The minimum Gasteiger partial charge on any atom is -0.363 e. The van der Waals surface area contributed by atoms with E-state index in [1.54, 1.807) is 0 Å². The SMILES string of the molecule is CN=C(NCc1ccnc2ccccc12)NC1CCN(c2cccs2)CC1.I. The van der Waals surface area contributed by atoms with Crippen molar-refractivity contribution in [1.29, 1.82) is 0 Å². The maximum absolute atomic E-state index is 4.43. The zero-order valence-electron chi connectivity index (χ0n) is 16.0. The van der Waals surface area contributed by atoms with Gasteiger partial charge >= 0.3 is 0 Å². The van der Waals surface area contributed by atoms with Crippen LogP contribution in [-0.2, 0) is 6.54 Å². The smallest absolute Gasteiger partial charge is 0.191 e. The summed E-state index contributed by atoms with van der Waals surface area (Å²) >= 11 is 1.82. The number of hydrogen-bond acceptors (Lipinski definition) is 4. The molecule has 1 aliphatic rings. The molecule has 0 saturated carbocycles. The van der Waals surface area contributed by atoms with Gasteiger partial charge < -0.3 is 15.5 Å². The second-order valence-electron chi connectivity index (χ2n) is 6.77. The third kappa shape index (κ3) is 4.94. The van der Waals surface area contributed by atoms with Crippen LogP contribution < -0.4 is 15.5 Å². The van der Waals surface area contributed by atoms with E-state index in [1.165, 1.54) is 16.0 Å². The van der Waals surface area contributed by atoms with E-state index in [0.717, 1.165) is 44.0 Å². The first-order valence-electron chi connectivity index (χ1n) is 9.42. The molecule has 0 atom stereocenters. The highest BCUT2D eigenvalue weighted by molar-refractivity contribution is 14.0. The molecule has 28 heavy (non-hydrogen) atoms. The number of rotatable bonds is 4. The Morgan fingerprint density at radius 1 is 1.18 bits per heavy atom. The van der Waals surface area contributed by atoms with Gasteiger partial charge in [0.2, 0.25) is 0 Å². The number of para-hydroxylation sites is 1. The Morgan fingerprint density at radius 2 is 2.00 bits per heavy atom. The van der Waals surface area contributed by atoms with Gasteiger partial charge in [0.05, 0.1) is 10.5 Å². The number of anilines is 1. The highest BCUT2D eigenvalue weighted by Gasteiger charge is 2.20. The molecule has 0 bridgehead atoms. The van der Waals surface area contributed by atoms with Crippen LogP contribution in [0.25, 0.3) is 10.9 Å². The van der Waals surface area contributed by atoms with Crippen LogP contribution in [0.2, 0.25) is 0 Å². The molecular weight excluding hydrogens is 481 g/mol. The molecule has 3 heterocycles. The first-order valence-corrected chi connectivity index (χ1v) is 10.3. The van der Waals surface area contributed by atoms with E-state index >= 15 is 0 Å². The van der Waals surface area contributed by atoms with Crippen molar-refractivity contribution in [1.82, 2.24) is 15.6 Å². The second kappa shape index (κ2) is 10.1. The maximum Gasteiger partial charge on any atom is 0.191 e. The van der Waals surface area contributed by atoms with Crippen molar-refractivity contribution in [3.8, 4) is 0 Å². The lowest BCUT2D eigenvalue weighted by molar-refractivity contribution is 0.463. The average molecular weight is 507 g/mol. The number of halogens is 1. The molecule has 7 heteroatoms. The zero-order chi connectivity index (χ0) is 18.5. The largest absolute Gasteiger partial charge is 0.363 e. The van der Waals surface area contributed by atoms with Gasteiger partial charge in [0.1, 0.15) is 0 Å². The van der Waals surface area contributed by atoms with Gasteiger partial charge in [0, 0.05) is 44.3 Å². The molecule has 1 aliphatic heterocycles. The number of benzene rings is 1. The monoisotopic (exact) mass is 507 g/mol. The minimum atomic E-state index is 0. The molecule has 0 radical (unpaired) electrons. The van der Waals surface area contributed by atoms with E-state index in [1.807, 2.05) is 36.7 Å². The third-order valence-corrected chi connectivity index (χ3v) is 5.99. The predicted octanol–water partition coefficient (Wildman–Crippen LogP) is 4.25. The van der Waals surface area contributed by atoms with Gasteiger partial charge in [-0.2, -0.15) is 0 Å². The first-order chi connectivity index (χ1) is 13.3. The Morgan fingerprint density at radius 3 is 2.75 bits per heavy atom. The standard InChI is InChI=1S/C21H25N5S.HI/c1-22-21(24-15-16-8-11-23-19-6-3-2-5-18(16)19)25-17-9-12-26(13-10-17)20-7-4-14-27-20;/h2-8,11,14,17H,9-10,12-13,15H2,1H3,(H2,22,24,25);1H. The Hall–Kier alpha value is -1.87. The van der Waals surface area contributed by atoms with Crippen molar-refractivity contribution in [2.45, 2.75) is 25.4 Å². The number of hydrogen-bond donors (Lipinski definition) is 2. The molecule has 1 aromatic carbocycles. The van der Waals surface area contributed by atoms with Crippen molar-refractivity contribution in [3.63, 3.8) is 0 Å². The minimum absolute atomic E-state index is 0. The summed E-state index contributed by atoms with van der Waals surface area (Å²) in [5.74, 6) is 0.866. The molecule has 1 fully saturated rings. The highest BCUT2D eigenvalue weighted by atomic mass is 127. The van der Waals surface area contributed by atoms with E-state index in [2.05, 4.69) is 61.2 Å². The van der Waals surface area contributed by atoms with Gasteiger partial charge in [-0.1, -0.05) is 18.2 Å². The number of pyridine rings is 1. The predicted molar refractivity (Wildman–Crippen MR) is 130 cm³/mol. The van der Waals surface area contributed by atoms with E-state index in [4.69, 9.17) is 0 Å². The van der Waals surface area contributed by atoms with E-state index in [0.29, 0.717) is 6.04 Å². The first kappa shape index (κ1) is 20.9. The summed E-state index contributed by atoms with van der Waals surface area (Å²) in [7, 11) is 1.83. The van der Waals surface area contributed by atoms with Crippen molar-refractivity contribution < 1.29 is 0 Å². The maximum atomic E-state index is 4.43. The Bertz CT molecular complexity index is 899. The summed E-state index contributed by atoms with van der Waals surface area (Å²) in [6, 6.07) is 15.1. The average Bonchev–Trinajstić information content (AvgIpc) is 3.26. The second-order valence-corrected chi connectivity index (χ2v) is 7.70. The van der Waals surface area contributed by atoms with Gasteiger partial charge in [0.15, 0.2) is 5.96 Å². The van der Waals surface area contributed by atoms with Crippen LogP contribution in [0.5, 0.6) is 0 Å². The fraction of sp³-hybridized carbons (Fsp3) is 0.333. The lowest BCUT2D eigenvalue weighted by atomic mass is 10.1. The topological polar surface area (TPSA) is 52.6 Å². The van der Waals surface area contributed by atoms with Crippen molar-refractivity contribution in [2.75, 3.05) is 25.0 Å². The normalized spacial score (nSPS) is 15.3. The van der Waals surface area contributed by atoms with Crippen molar-refractivity contribution >= 4 is 57.2 Å². The van der Waals surface area contributed by atoms with Crippen LogP contribution in [0.3, 0.4) is 0 Å². The molecule has 0 spiro atoms. The van der Waals surface area contributed by atoms with Crippen molar-refractivity contribution in [3.05, 3.63) is 59.6 Å². The van der Waals surface area contributed by atoms with Crippen LogP contribution in [0.4, 0.5) is 5.00 Å². The summed E-state index contributed by atoms with van der Waals surface area (Å²) < 4.78 is 0.